The summed E-state index contributed by atoms with van der Waals surface area (Å²) in [5.74, 6) is 0.998. The van der Waals surface area contributed by atoms with Crippen molar-refractivity contribution in [3.8, 4) is 0 Å². The van der Waals surface area contributed by atoms with E-state index in [1.165, 1.54) is 6.07 Å². The Hall–Kier alpha value is -2.77. The van der Waals surface area contributed by atoms with Crippen LogP contribution >= 0.6 is 0 Å². The second kappa shape index (κ2) is 6.33. The van der Waals surface area contributed by atoms with Crippen molar-refractivity contribution in [1.29, 1.82) is 0 Å². The van der Waals surface area contributed by atoms with Crippen LogP contribution in [0.4, 0.5) is 17.5 Å². The Labute approximate surface area is 127 Å². The number of piperidine rings is 1. The van der Waals surface area contributed by atoms with Crippen LogP contribution in [0.2, 0.25) is 0 Å². The maximum atomic E-state index is 11.0. The fourth-order valence-electron chi connectivity index (χ4n) is 2.58. The van der Waals surface area contributed by atoms with Crippen LogP contribution < -0.4 is 10.2 Å². The van der Waals surface area contributed by atoms with Crippen molar-refractivity contribution in [3.63, 3.8) is 0 Å². The SMILES string of the molecule is O=[N+]([O-])c1cccnc1NC1CCCN(c2ncccn2)C1. The molecule has 1 N–H and O–H groups in total. The molecule has 3 heterocycles. The number of nitrogens with one attached hydrogen (secondary N) is 1. The fraction of sp³-hybridized carbons (Fsp3) is 0.357. The normalized spacial score (nSPS) is 18.0. The van der Waals surface area contributed by atoms with Gasteiger partial charge in [0.25, 0.3) is 0 Å². The maximum Gasteiger partial charge on any atom is 0.311 e. The molecule has 0 aromatic carbocycles. The van der Waals surface area contributed by atoms with Gasteiger partial charge in [-0.05, 0) is 25.0 Å². The van der Waals surface area contributed by atoms with Gasteiger partial charge in [-0.15, -0.1) is 0 Å². The van der Waals surface area contributed by atoms with Crippen molar-refractivity contribution in [3.05, 3.63) is 46.9 Å². The first-order valence-corrected chi connectivity index (χ1v) is 7.12. The first-order chi connectivity index (χ1) is 10.7. The first-order valence-electron chi connectivity index (χ1n) is 7.12. The predicted molar refractivity (Wildman–Crippen MR) is 81.8 cm³/mol. The molecule has 1 fully saturated rings. The molecule has 0 saturated carbocycles. The molecule has 8 nitrogen and oxygen atoms in total. The topological polar surface area (TPSA) is 97.1 Å². The number of nitrogens with zero attached hydrogens (tertiary/aromatic N) is 5. The molecule has 3 rings (SSSR count). The third-order valence-corrected chi connectivity index (χ3v) is 3.58. The second-order valence-corrected chi connectivity index (χ2v) is 5.11. The highest BCUT2D eigenvalue weighted by atomic mass is 16.6. The van der Waals surface area contributed by atoms with Crippen LogP contribution in [-0.4, -0.2) is 39.0 Å². The third kappa shape index (κ3) is 3.11. The summed E-state index contributed by atoms with van der Waals surface area (Å²) in [5, 5.41) is 14.2. The van der Waals surface area contributed by atoms with Crippen molar-refractivity contribution in [2.45, 2.75) is 18.9 Å². The Bertz CT molecular complexity index is 651. The largest absolute Gasteiger partial charge is 0.360 e. The minimum absolute atomic E-state index is 0.00409. The smallest absolute Gasteiger partial charge is 0.311 e. The Morgan fingerprint density at radius 3 is 2.77 bits per heavy atom. The van der Waals surface area contributed by atoms with E-state index in [0.717, 1.165) is 19.4 Å². The molecule has 22 heavy (non-hydrogen) atoms. The summed E-state index contributed by atoms with van der Waals surface area (Å²) in [7, 11) is 0. The zero-order chi connectivity index (χ0) is 15.4. The van der Waals surface area contributed by atoms with E-state index in [2.05, 4.69) is 25.2 Å². The molecule has 2 aromatic heterocycles. The van der Waals surface area contributed by atoms with Crippen LogP contribution in [0.5, 0.6) is 0 Å². The standard InChI is InChI=1S/C14H16N6O2/c21-20(22)12-5-1-6-15-13(12)18-11-4-2-9-19(10-11)14-16-7-3-8-17-14/h1,3,5-8,11H,2,4,9-10H2,(H,15,18). The van der Waals surface area contributed by atoms with Gasteiger partial charge in [-0.3, -0.25) is 10.1 Å². The fourth-order valence-corrected chi connectivity index (χ4v) is 2.58. The molecule has 0 bridgehead atoms. The molecular weight excluding hydrogens is 284 g/mol. The quantitative estimate of drug-likeness (QED) is 0.679. The van der Waals surface area contributed by atoms with Crippen molar-refractivity contribution in [2.75, 3.05) is 23.3 Å². The van der Waals surface area contributed by atoms with Gasteiger partial charge in [0.2, 0.25) is 11.8 Å². The monoisotopic (exact) mass is 300 g/mol. The number of aromatic nitrogens is 3. The number of hydrogen-bond donors (Lipinski definition) is 1. The van der Waals surface area contributed by atoms with Gasteiger partial charge in [-0.2, -0.15) is 0 Å². The molecule has 1 aliphatic heterocycles. The average molecular weight is 300 g/mol. The minimum atomic E-state index is -0.420. The number of anilines is 2. The number of rotatable bonds is 4. The Kier molecular flexibility index (Phi) is 4.08. The molecular formula is C14H16N6O2. The lowest BCUT2D eigenvalue weighted by molar-refractivity contribution is -0.384. The number of nitro groups is 1. The van der Waals surface area contributed by atoms with Gasteiger partial charge in [0.05, 0.1) is 4.92 Å². The van der Waals surface area contributed by atoms with Crippen LogP contribution in [-0.2, 0) is 0 Å². The van der Waals surface area contributed by atoms with Gasteiger partial charge >= 0.3 is 5.69 Å². The predicted octanol–water partition coefficient (Wildman–Crippen LogP) is 1.86. The van der Waals surface area contributed by atoms with Gasteiger partial charge in [-0.1, -0.05) is 0 Å². The van der Waals surface area contributed by atoms with Gasteiger partial charge in [0.1, 0.15) is 0 Å². The molecule has 1 atom stereocenters. The Morgan fingerprint density at radius 2 is 2.00 bits per heavy atom. The minimum Gasteiger partial charge on any atom is -0.360 e. The van der Waals surface area contributed by atoms with E-state index < -0.39 is 4.92 Å². The van der Waals surface area contributed by atoms with Crippen molar-refractivity contribution >= 4 is 17.5 Å². The van der Waals surface area contributed by atoms with E-state index in [9.17, 15) is 10.1 Å². The van der Waals surface area contributed by atoms with E-state index in [1.54, 1.807) is 30.7 Å². The summed E-state index contributed by atoms with van der Waals surface area (Å²) < 4.78 is 0. The zero-order valence-electron chi connectivity index (χ0n) is 11.9. The highest BCUT2D eigenvalue weighted by molar-refractivity contribution is 5.56. The molecule has 0 radical (unpaired) electrons. The molecule has 0 spiro atoms. The van der Waals surface area contributed by atoms with Crippen LogP contribution in [0.3, 0.4) is 0 Å². The van der Waals surface area contributed by atoms with Gasteiger partial charge in [0.15, 0.2) is 0 Å². The van der Waals surface area contributed by atoms with Crippen LogP contribution in [0.15, 0.2) is 36.8 Å². The van der Waals surface area contributed by atoms with Crippen LogP contribution in [0.25, 0.3) is 0 Å². The first kappa shape index (κ1) is 14.2. The van der Waals surface area contributed by atoms with E-state index in [0.29, 0.717) is 18.3 Å². The number of hydrogen-bond acceptors (Lipinski definition) is 7. The second-order valence-electron chi connectivity index (χ2n) is 5.11. The molecule has 0 aliphatic carbocycles. The maximum absolute atomic E-state index is 11.0. The summed E-state index contributed by atoms with van der Waals surface area (Å²) >= 11 is 0. The van der Waals surface area contributed by atoms with Gasteiger partial charge < -0.3 is 10.2 Å². The summed E-state index contributed by atoms with van der Waals surface area (Å²) in [4.78, 5) is 25.3. The summed E-state index contributed by atoms with van der Waals surface area (Å²) in [6.45, 7) is 1.57. The van der Waals surface area contributed by atoms with E-state index >= 15 is 0 Å². The average Bonchev–Trinajstić information content (AvgIpc) is 2.56. The molecule has 114 valence electrons. The summed E-state index contributed by atoms with van der Waals surface area (Å²) in [5.41, 5.74) is -0.00409. The Balaban J connectivity index is 1.72. The van der Waals surface area contributed by atoms with Crippen LogP contribution in [0, 0.1) is 10.1 Å². The highest BCUT2D eigenvalue weighted by Crippen LogP contribution is 2.24. The van der Waals surface area contributed by atoms with Crippen LogP contribution in [0.1, 0.15) is 12.8 Å². The molecule has 1 aliphatic rings. The lowest BCUT2D eigenvalue weighted by atomic mass is 10.1. The van der Waals surface area contributed by atoms with Crippen molar-refractivity contribution < 1.29 is 4.92 Å². The summed E-state index contributed by atoms with van der Waals surface area (Å²) in [6.07, 6.45) is 6.87. The van der Waals surface area contributed by atoms with Gasteiger partial charge in [-0.25, -0.2) is 15.0 Å². The lowest BCUT2D eigenvalue weighted by Gasteiger charge is -2.33. The van der Waals surface area contributed by atoms with E-state index in [-0.39, 0.29) is 11.7 Å². The molecule has 1 saturated heterocycles. The molecule has 1 unspecified atom stereocenters. The third-order valence-electron chi connectivity index (χ3n) is 3.58. The number of pyridine rings is 1. The summed E-state index contributed by atoms with van der Waals surface area (Å²) in [6, 6.07) is 4.87. The lowest BCUT2D eigenvalue weighted by Crippen LogP contribution is -2.43. The highest BCUT2D eigenvalue weighted by Gasteiger charge is 2.24. The van der Waals surface area contributed by atoms with Gasteiger partial charge in [0, 0.05) is 43.8 Å². The van der Waals surface area contributed by atoms with E-state index in [1.807, 2.05) is 0 Å². The van der Waals surface area contributed by atoms with Crippen molar-refractivity contribution in [2.24, 2.45) is 0 Å². The molecule has 8 heteroatoms. The van der Waals surface area contributed by atoms with Crippen molar-refractivity contribution in [1.82, 2.24) is 15.0 Å². The van der Waals surface area contributed by atoms with E-state index in [4.69, 9.17) is 0 Å². The zero-order valence-corrected chi connectivity index (χ0v) is 11.9. The molecule has 2 aromatic rings. The molecule has 0 amide bonds. The Morgan fingerprint density at radius 1 is 1.23 bits per heavy atom.